The first-order valence-corrected chi connectivity index (χ1v) is 13.2. The third-order valence-electron chi connectivity index (χ3n) is 6.95. The van der Waals surface area contributed by atoms with Gasteiger partial charge in [-0.1, -0.05) is 29.8 Å². The largest absolute Gasteiger partial charge is 0.495 e. The zero-order valence-electron chi connectivity index (χ0n) is 22.1. The molecule has 0 spiro atoms. The van der Waals surface area contributed by atoms with Gasteiger partial charge in [0.1, 0.15) is 12.5 Å². The highest BCUT2D eigenvalue weighted by Gasteiger charge is 2.47. The second-order valence-electron chi connectivity index (χ2n) is 9.82. The Morgan fingerprint density at radius 3 is 2.48 bits per heavy atom. The molecule has 2 fully saturated rings. The number of piperazine rings is 1. The lowest BCUT2D eigenvalue weighted by atomic mass is 10.1. The first-order valence-electron chi connectivity index (χ1n) is 12.8. The first kappa shape index (κ1) is 29.5. The lowest BCUT2D eigenvalue weighted by molar-refractivity contribution is -0.134. The van der Waals surface area contributed by atoms with Gasteiger partial charge in [-0.2, -0.15) is 0 Å². The summed E-state index contributed by atoms with van der Waals surface area (Å²) in [5.74, 6) is -3.04. The van der Waals surface area contributed by atoms with Gasteiger partial charge in [0.05, 0.1) is 42.5 Å². The van der Waals surface area contributed by atoms with Crippen LogP contribution in [0.3, 0.4) is 0 Å². The number of para-hydroxylation sites is 1. The van der Waals surface area contributed by atoms with E-state index >= 15 is 0 Å². The zero-order valence-corrected chi connectivity index (χ0v) is 22.8. The van der Waals surface area contributed by atoms with Crippen molar-refractivity contribution in [2.45, 2.75) is 24.8 Å². The number of methoxy groups -OCH3 is 1. The van der Waals surface area contributed by atoms with E-state index in [4.69, 9.17) is 21.1 Å². The van der Waals surface area contributed by atoms with E-state index in [1.54, 1.807) is 42.5 Å². The molecule has 40 heavy (non-hydrogen) atoms. The maximum Gasteiger partial charge on any atom is 0.323 e. The van der Waals surface area contributed by atoms with Crippen LogP contribution in [0.25, 0.3) is 0 Å². The lowest BCUT2D eigenvalue weighted by Crippen LogP contribution is -2.51. The normalized spacial score (nSPS) is 19.2. The summed E-state index contributed by atoms with van der Waals surface area (Å²) in [6, 6.07) is 10.5. The summed E-state index contributed by atoms with van der Waals surface area (Å²) in [4.78, 5) is 41.4. The Kier molecular flexibility index (Phi) is 9.77. The Morgan fingerprint density at radius 1 is 1.07 bits per heavy atom. The number of hydrogen-bond acceptors (Lipinski definition) is 7. The first-order chi connectivity index (χ1) is 19.2. The number of anilines is 2. The number of halogens is 3. The lowest BCUT2D eigenvalue weighted by Gasteiger charge is -2.36. The number of amides is 3. The van der Waals surface area contributed by atoms with Crippen LogP contribution in [0.1, 0.15) is 12.0 Å². The van der Waals surface area contributed by atoms with Crippen molar-refractivity contribution >= 4 is 41.4 Å². The van der Waals surface area contributed by atoms with E-state index in [2.05, 4.69) is 15.5 Å². The van der Waals surface area contributed by atoms with Gasteiger partial charge in [-0.15, -0.1) is 0 Å². The number of nitrogens with zero attached hydrogens (tertiary/aromatic N) is 3. The van der Waals surface area contributed by atoms with Crippen LogP contribution >= 0.6 is 11.6 Å². The number of rotatable bonds is 10. The highest BCUT2D eigenvalue weighted by molar-refractivity contribution is 6.33. The summed E-state index contributed by atoms with van der Waals surface area (Å²) in [5.41, 5.74) is 1.37. The number of nitrogens with one attached hydrogen (secondary N) is 2. The van der Waals surface area contributed by atoms with Gasteiger partial charge in [0.15, 0.2) is 0 Å². The molecule has 0 radical (unpaired) electrons. The van der Waals surface area contributed by atoms with Crippen molar-refractivity contribution in [3.05, 3.63) is 53.1 Å². The molecule has 2 heterocycles. The molecule has 0 aliphatic carbocycles. The van der Waals surface area contributed by atoms with Crippen molar-refractivity contribution in [2.24, 2.45) is 0 Å². The number of urea groups is 1. The third-order valence-corrected chi connectivity index (χ3v) is 7.28. The summed E-state index contributed by atoms with van der Waals surface area (Å²) in [5, 5.41) is 5.73. The second kappa shape index (κ2) is 13.2. The molecule has 4 rings (SSSR count). The highest BCUT2D eigenvalue weighted by atomic mass is 35.5. The van der Waals surface area contributed by atoms with E-state index in [0.717, 1.165) is 0 Å². The van der Waals surface area contributed by atoms with Crippen molar-refractivity contribution in [1.82, 2.24) is 14.7 Å². The molecule has 13 heteroatoms. The number of carbonyl (C=O) groups is 3. The Hall–Kier alpha value is -3.48. The molecule has 2 aromatic rings. The van der Waals surface area contributed by atoms with Gasteiger partial charge in [-0.05, 0) is 29.8 Å². The SMILES string of the molecule is COc1cc(CC(=O)N2CC(F)(F)CC2CN2CCN(COC=O)CC2)ccc1NC(=O)Nc1ccccc1Cl. The second-order valence-corrected chi connectivity index (χ2v) is 10.2. The maximum atomic E-state index is 14.4. The molecule has 3 amide bonds. The highest BCUT2D eigenvalue weighted by Crippen LogP contribution is 2.34. The summed E-state index contributed by atoms with van der Waals surface area (Å²) < 4.78 is 39.0. The number of carbonyl (C=O) groups excluding carboxylic acids is 3. The number of likely N-dealkylation sites (tertiary alicyclic amines) is 1. The van der Waals surface area contributed by atoms with Crippen LogP contribution in [0.2, 0.25) is 5.02 Å². The van der Waals surface area contributed by atoms with Gasteiger partial charge >= 0.3 is 6.03 Å². The van der Waals surface area contributed by atoms with E-state index < -0.39 is 30.4 Å². The standard InChI is InChI=1S/C27H32ClF2N5O5/c1-39-24-12-19(6-7-23(24)32-26(38)31-22-5-3-2-4-21(22)28)13-25(37)35-16-27(29,30)14-20(35)15-33-8-10-34(11-9-33)17-40-18-36/h2-7,12,18,20H,8-11,13-17H2,1H3,(H2,31,32,38). The fourth-order valence-corrected chi connectivity index (χ4v) is 5.13. The molecule has 1 unspecified atom stereocenters. The Morgan fingerprint density at radius 2 is 1.77 bits per heavy atom. The summed E-state index contributed by atoms with van der Waals surface area (Å²) in [6.07, 6.45) is -0.480. The van der Waals surface area contributed by atoms with Crippen LogP contribution < -0.4 is 15.4 Å². The van der Waals surface area contributed by atoms with Crippen molar-refractivity contribution in [3.63, 3.8) is 0 Å². The maximum absolute atomic E-state index is 14.4. The molecule has 0 bridgehead atoms. The van der Waals surface area contributed by atoms with Gasteiger partial charge < -0.3 is 25.0 Å². The Bertz CT molecular complexity index is 1210. The van der Waals surface area contributed by atoms with Crippen molar-refractivity contribution < 1.29 is 32.6 Å². The summed E-state index contributed by atoms with van der Waals surface area (Å²) >= 11 is 6.09. The van der Waals surface area contributed by atoms with Gasteiger partial charge in [0, 0.05) is 39.1 Å². The average molecular weight is 580 g/mol. The van der Waals surface area contributed by atoms with E-state index in [1.807, 2.05) is 4.90 Å². The number of benzene rings is 2. The molecule has 216 valence electrons. The molecule has 0 saturated carbocycles. The van der Waals surface area contributed by atoms with Crippen LogP contribution in [0, 0.1) is 0 Å². The fourth-order valence-electron chi connectivity index (χ4n) is 4.95. The molecule has 1 atom stereocenters. The molecule has 2 saturated heterocycles. The van der Waals surface area contributed by atoms with Crippen LogP contribution in [-0.4, -0.2) is 98.2 Å². The molecule has 2 aliphatic heterocycles. The quantitative estimate of drug-likeness (QED) is 0.415. The molecular weight excluding hydrogens is 548 g/mol. The minimum atomic E-state index is -2.96. The van der Waals surface area contributed by atoms with Gasteiger partial charge in [0.2, 0.25) is 5.91 Å². The summed E-state index contributed by atoms with van der Waals surface area (Å²) in [7, 11) is 1.43. The van der Waals surface area contributed by atoms with Crippen LogP contribution in [0.5, 0.6) is 5.75 Å². The molecule has 0 aromatic heterocycles. The van der Waals surface area contributed by atoms with Gasteiger partial charge in [-0.3, -0.25) is 19.4 Å². The predicted octanol–water partition coefficient (Wildman–Crippen LogP) is 3.52. The molecule has 2 N–H and O–H groups in total. The molecule has 2 aliphatic rings. The van der Waals surface area contributed by atoms with Gasteiger partial charge in [-0.25, -0.2) is 13.6 Å². The molecular formula is C27H32ClF2N5O5. The van der Waals surface area contributed by atoms with Crippen molar-refractivity contribution in [3.8, 4) is 5.75 Å². The van der Waals surface area contributed by atoms with E-state index in [0.29, 0.717) is 66.9 Å². The number of hydrogen-bond donors (Lipinski definition) is 2. The number of ether oxygens (including phenoxy) is 2. The van der Waals surface area contributed by atoms with Crippen molar-refractivity contribution in [2.75, 3.05) is 63.7 Å². The minimum absolute atomic E-state index is 0.0914. The topological polar surface area (TPSA) is 103 Å². The fraction of sp³-hybridized carbons (Fsp3) is 0.444. The van der Waals surface area contributed by atoms with E-state index in [-0.39, 0.29) is 19.6 Å². The molecule has 2 aromatic carbocycles. The Labute approximate surface area is 236 Å². The Balaban J connectivity index is 1.36. The summed E-state index contributed by atoms with van der Waals surface area (Å²) in [6.45, 7) is 2.86. The monoisotopic (exact) mass is 579 g/mol. The predicted molar refractivity (Wildman–Crippen MR) is 146 cm³/mol. The van der Waals surface area contributed by atoms with Crippen LogP contribution in [0.4, 0.5) is 25.0 Å². The minimum Gasteiger partial charge on any atom is -0.495 e. The third kappa shape index (κ3) is 7.80. The zero-order chi connectivity index (χ0) is 28.7. The van der Waals surface area contributed by atoms with E-state index in [9.17, 15) is 23.2 Å². The van der Waals surface area contributed by atoms with E-state index in [1.165, 1.54) is 12.0 Å². The van der Waals surface area contributed by atoms with Crippen LogP contribution in [-0.2, 0) is 20.7 Å². The van der Waals surface area contributed by atoms with Gasteiger partial charge in [0.25, 0.3) is 12.4 Å². The molecule has 10 nitrogen and oxygen atoms in total. The average Bonchev–Trinajstić information content (AvgIpc) is 3.24. The van der Waals surface area contributed by atoms with Crippen molar-refractivity contribution in [1.29, 1.82) is 0 Å². The van der Waals surface area contributed by atoms with Crippen LogP contribution in [0.15, 0.2) is 42.5 Å². The smallest absolute Gasteiger partial charge is 0.323 e. The number of alkyl halides is 2.